The van der Waals surface area contributed by atoms with Gasteiger partial charge in [-0.25, -0.2) is 4.98 Å². The van der Waals surface area contributed by atoms with Crippen molar-refractivity contribution in [2.45, 2.75) is 26.7 Å². The Bertz CT molecular complexity index is 677. The SMILES string of the molecule is Cc1cc(C(=O)N2CCNCC2)c2c(C(C)C)noc2n1.Cl. The molecule has 2 aromatic rings. The van der Waals surface area contributed by atoms with E-state index in [9.17, 15) is 4.79 Å². The molecule has 2 aromatic heterocycles. The Hall–Kier alpha value is -1.66. The fourth-order valence-electron chi connectivity index (χ4n) is 2.70. The van der Waals surface area contributed by atoms with Crippen LogP contribution in [0.3, 0.4) is 0 Å². The lowest BCUT2D eigenvalue weighted by atomic mass is 10.0. The van der Waals surface area contributed by atoms with Crippen molar-refractivity contribution < 1.29 is 9.32 Å². The first-order chi connectivity index (χ1) is 10.1. The number of hydrogen-bond acceptors (Lipinski definition) is 5. The van der Waals surface area contributed by atoms with Crippen LogP contribution in [0.2, 0.25) is 0 Å². The number of carbonyl (C=O) groups excluding carboxylic acids is 1. The Kier molecular flexibility index (Phi) is 5.03. The number of rotatable bonds is 2. The third-order valence-corrected chi connectivity index (χ3v) is 3.78. The average molecular weight is 325 g/mol. The molecule has 0 atom stereocenters. The molecule has 0 bridgehead atoms. The Balaban J connectivity index is 0.00000176. The van der Waals surface area contributed by atoms with E-state index in [1.54, 1.807) is 0 Å². The fourth-order valence-corrected chi connectivity index (χ4v) is 2.70. The van der Waals surface area contributed by atoms with Crippen molar-refractivity contribution in [1.29, 1.82) is 0 Å². The Labute approximate surface area is 135 Å². The number of amides is 1. The van der Waals surface area contributed by atoms with Crippen molar-refractivity contribution >= 4 is 29.4 Å². The minimum absolute atomic E-state index is 0. The summed E-state index contributed by atoms with van der Waals surface area (Å²) in [7, 11) is 0. The van der Waals surface area contributed by atoms with Crippen LogP contribution in [-0.2, 0) is 0 Å². The Morgan fingerprint density at radius 2 is 2.05 bits per heavy atom. The maximum atomic E-state index is 12.8. The second-order valence-electron chi connectivity index (χ2n) is 5.76. The number of nitrogens with zero attached hydrogens (tertiary/aromatic N) is 3. The van der Waals surface area contributed by atoms with Crippen LogP contribution in [0.1, 0.15) is 41.5 Å². The van der Waals surface area contributed by atoms with E-state index in [2.05, 4.69) is 15.5 Å². The highest BCUT2D eigenvalue weighted by atomic mass is 35.5. The van der Waals surface area contributed by atoms with Crippen molar-refractivity contribution in [2.75, 3.05) is 26.2 Å². The number of carbonyl (C=O) groups is 1. The zero-order chi connectivity index (χ0) is 15.0. The van der Waals surface area contributed by atoms with Gasteiger partial charge in [0.05, 0.1) is 16.6 Å². The second-order valence-corrected chi connectivity index (χ2v) is 5.76. The first-order valence-corrected chi connectivity index (χ1v) is 7.35. The summed E-state index contributed by atoms with van der Waals surface area (Å²) in [6, 6.07) is 1.84. The highest BCUT2D eigenvalue weighted by Crippen LogP contribution is 2.28. The number of pyridine rings is 1. The van der Waals surface area contributed by atoms with Gasteiger partial charge in [0.25, 0.3) is 11.6 Å². The molecule has 1 aliphatic rings. The molecule has 22 heavy (non-hydrogen) atoms. The van der Waals surface area contributed by atoms with Gasteiger partial charge in [0, 0.05) is 31.9 Å². The molecular formula is C15H21ClN4O2. The van der Waals surface area contributed by atoms with Gasteiger partial charge in [0.2, 0.25) is 0 Å². The lowest BCUT2D eigenvalue weighted by Crippen LogP contribution is -2.46. The van der Waals surface area contributed by atoms with E-state index in [4.69, 9.17) is 4.52 Å². The second kappa shape index (κ2) is 6.62. The third kappa shape index (κ3) is 2.94. The lowest BCUT2D eigenvalue weighted by molar-refractivity contribution is 0.0737. The van der Waals surface area contributed by atoms with Crippen molar-refractivity contribution in [3.63, 3.8) is 0 Å². The molecule has 0 unspecified atom stereocenters. The summed E-state index contributed by atoms with van der Waals surface area (Å²) in [5.74, 6) is 0.224. The molecule has 1 saturated heterocycles. The summed E-state index contributed by atoms with van der Waals surface area (Å²) in [5, 5.41) is 8.12. The van der Waals surface area contributed by atoms with E-state index >= 15 is 0 Å². The Morgan fingerprint density at radius 1 is 1.36 bits per heavy atom. The normalized spacial score (nSPS) is 15.2. The van der Waals surface area contributed by atoms with Crippen molar-refractivity contribution in [2.24, 2.45) is 0 Å². The van der Waals surface area contributed by atoms with Gasteiger partial charge in [-0.1, -0.05) is 19.0 Å². The molecule has 0 aliphatic carbocycles. The summed E-state index contributed by atoms with van der Waals surface area (Å²) in [6.45, 7) is 9.06. The highest BCUT2D eigenvalue weighted by molar-refractivity contribution is 6.06. The third-order valence-electron chi connectivity index (χ3n) is 3.78. The topological polar surface area (TPSA) is 71.3 Å². The van der Waals surface area contributed by atoms with E-state index in [-0.39, 0.29) is 24.2 Å². The number of halogens is 1. The van der Waals surface area contributed by atoms with Gasteiger partial charge in [-0.3, -0.25) is 4.79 Å². The van der Waals surface area contributed by atoms with Crippen LogP contribution in [0.5, 0.6) is 0 Å². The molecular weight excluding hydrogens is 304 g/mol. The van der Waals surface area contributed by atoms with Crippen LogP contribution < -0.4 is 5.32 Å². The molecule has 0 saturated carbocycles. The van der Waals surface area contributed by atoms with Gasteiger partial charge < -0.3 is 14.7 Å². The number of fused-ring (bicyclic) bond motifs is 1. The maximum absolute atomic E-state index is 12.8. The monoisotopic (exact) mass is 324 g/mol. The van der Waals surface area contributed by atoms with E-state index in [0.29, 0.717) is 11.3 Å². The summed E-state index contributed by atoms with van der Waals surface area (Å²) in [5.41, 5.74) is 2.69. The summed E-state index contributed by atoms with van der Waals surface area (Å²) in [4.78, 5) is 19.1. The minimum Gasteiger partial charge on any atom is -0.336 e. The largest absolute Gasteiger partial charge is 0.336 e. The fraction of sp³-hybridized carbons (Fsp3) is 0.533. The average Bonchev–Trinajstić information content (AvgIpc) is 2.90. The van der Waals surface area contributed by atoms with Gasteiger partial charge in [-0.15, -0.1) is 12.4 Å². The predicted molar refractivity (Wildman–Crippen MR) is 86.7 cm³/mol. The minimum atomic E-state index is 0. The van der Waals surface area contributed by atoms with Gasteiger partial charge in [0.15, 0.2) is 0 Å². The maximum Gasteiger partial charge on any atom is 0.259 e. The predicted octanol–water partition coefficient (Wildman–Crippen LogP) is 2.12. The van der Waals surface area contributed by atoms with Crippen LogP contribution in [0, 0.1) is 6.92 Å². The molecule has 0 spiro atoms. The van der Waals surface area contributed by atoms with Gasteiger partial charge >= 0.3 is 0 Å². The molecule has 3 heterocycles. The smallest absolute Gasteiger partial charge is 0.259 e. The van der Waals surface area contributed by atoms with Crippen LogP contribution in [0.25, 0.3) is 11.1 Å². The molecule has 7 heteroatoms. The van der Waals surface area contributed by atoms with Crippen LogP contribution in [-0.4, -0.2) is 47.1 Å². The van der Waals surface area contributed by atoms with E-state index in [0.717, 1.165) is 43.0 Å². The van der Waals surface area contributed by atoms with Gasteiger partial charge in [-0.05, 0) is 18.9 Å². The standard InChI is InChI=1S/C15H20N4O2.ClH/c1-9(2)13-12-11(8-10(3)17-14(12)21-18-13)15(20)19-6-4-16-5-7-19;/h8-9,16H,4-7H2,1-3H3;1H. The molecule has 6 nitrogen and oxygen atoms in total. The molecule has 0 radical (unpaired) electrons. The quantitative estimate of drug-likeness (QED) is 0.916. The van der Waals surface area contributed by atoms with Gasteiger partial charge in [-0.2, -0.15) is 0 Å². The molecule has 1 N–H and O–H groups in total. The zero-order valence-electron chi connectivity index (χ0n) is 13.0. The summed E-state index contributed by atoms with van der Waals surface area (Å²) in [6.07, 6.45) is 0. The highest BCUT2D eigenvalue weighted by Gasteiger charge is 2.25. The number of nitrogens with one attached hydrogen (secondary N) is 1. The van der Waals surface area contributed by atoms with Crippen LogP contribution in [0.4, 0.5) is 0 Å². The summed E-state index contributed by atoms with van der Waals surface area (Å²) < 4.78 is 5.33. The number of hydrogen-bond donors (Lipinski definition) is 1. The molecule has 1 amide bonds. The number of piperazine rings is 1. The molecule has 0 aromatic carbocycles. The zero-order valence-corrected chi connectivity index (χ0v) is 13.9. The van der Waals surface area contributed by atoms with Crippen molar-refractivity contribution in [3.05, 3.63) is 23.0 Å². The van der Waals surface area contributed by atoms with Crippen molar-refractivity contribution in [1.82, 2.24) is 20.4 Å². The van der Waals surface area contributed by atoms with E-state index < -0.39 is 0 Å². The Morgan fingerprint density at radius 3 is 2.68 bits per heavy atom. The molecule has 3 rings (SSSR count). The van der Waals surface area contributed by atoms with Crippen molar-refractivity contribution in [3.8, 4) is 0 Å². The first-order valence-electron chi connectivity index (χ1n) is 7.35. The molecule has 1 aliphatic heterocycles. The van der Waals surface area contributed by atoms with Gasteiger partial charge in [0.1, 0.15) is 0 Å². The molecule has 1 fully saturated rings. The lowest BCUT2D eigenvalue weighted by Gasteiger charge is -2.27. The van der Waals surface area contributed by atoms with E-state index in [1.807, 2.05) is 31.7 Å². The first kappa shape index (κ1) is 16.7. The number of aromatic nitrogens is 2. The number of aryl methyl sites for hydroxylation is 1. The molecule has 120 valence electrons. The van der Waals surface area contributed by atoms with E-state index in [1.165, 1.54) is 0 Å². The van der Waals surface area contributed by atoms with Crippen LogP contribution >= 0.6 is 12.4 Å². The summed E-state index contributed by atoms with van der Waals surface area (Å²) >= 11 is 0. The van der Waals surface area contributed by atoms with Crippen LogP contribution in [0.15, 0.2) is 10.6 Å².